The minimum Gasteiger partial charge on any atom is -0.387 e. The van der Waals surface area contributed by atoms with E-state index in [9.17, 15) is 5.11 Å². The lowest BCUT2D eigenvalue weighted by Crippen LogP contribution is -3.12. The van der Waals surface area contributed by atoms with Crippen molar-refractivity contribution in [2.75, 3.05) is 13.1 Å². The van der Waals surface area contributed by atoms with Crippen LogP contribution in [0.3, 0.4) is 0 Å². The average Bonchev–Trinajstić information content (AvgIpc) is 3.15. The molecule has 0 radical (unpaired) electrons. The van der Waals surface area contributed by atoms with Gasteiger partial charge in [0.05, 0.1) is 12.2 Å². The molecule has 1 unspecified atom stereocenters. The molecule has 3 nitrogen and oxygen atoms in total. The lowest BCUT2D eigenvalue weighted by atomic mass is 9.87. The summed E-state index contributed by atoms with van der Waals surface area (Å²) in [5.74, 6) is 0.825. The summed E-state index contributed by atoms with van der Waals surface area (Å²) < 4.78 is 2.40. The summed E-state index contributed by atoms with van der Waals surface area (Å²) in [5.41, 5.74) is 4.32. The number of aliphatic hydroxyl groups is 1. The molecule has 31 heavy (non-hydrogen) atoms. The Balaban J connectivity index is 1.67. The Bertz CT molecular complexity index is 765. The van der Waals surface area contributed by atoms with Crippen molar-refractivity contribution in [3.8, 4) is 0 Å². The topological polar surface area (TPSA) is 29.6 Å². The van der Waals surface area contributed by atoms with Crippen molar-refractivity contribution in [2.24, 2.45) is 5.92 Å². The molecule has 0 saturated heterocycles. The highest BCUT2D eigenvalue weighted by molar-refractivity contribution is 5.28. The molecule has 172 valence electrons. The summed E-state index contributed by atoms with van der Waals surface area (Å²) in [6.07, 6.45) is 10.9. The van der Waals surface area contributed by atoms with Crippen LogP contribution in [0.5, 0.6) is 0 Å². The van der Waals surface area contributed by atoms with E-state index in [-0.39, 0.29) is 11.5 Å². The highest BCUT2D eigenvalue weighted by Crippen LogP contribution is 2.23. The van der Waals surface area contributed by atoms with Crippen LogP contribution in [0.2, 0.25) is 0 Å². The number of quaternary nitrogens is 1. The van der Waals surface area contributed by atoms with Crippen LogP contribution in [0.1, 0.15) is 89.5 Å². The van der Waals surface area contributed by atoms with Crippen LogP contribution in [0.4, 0.5) is 0 Å². The summed E-state index contributed by atoms with van der Waals surface area (Å²) >= 11 is 0. The van der Waals surface area contributed by atoms with Crippen LogP contribution in [0.15, 0.2) is 42.6 Å². The van der Waals surface area contributed by atoms with Crippen molar-refractivity contribution >= 4 is 0 Å². The molecule has 1 aliphatic carbocycles. The molecule has 1 fully saturated rings. The van der Waals surface area contributed by atoms with Crippen LogP contribution >= 0.6 is 0 Å². The van der Waals surface area contributed by atoms with Crippen LogP contribution < -0.4 is 4.90 Å². The van der Waals surface area contributed by atoms with E-state index in [1.807, 2.05) is 0 Å². The van der Waals surface area contributed by atoms with Crippen LogP contribution in [0, 0.1) is 5.92 Å². The number of aliphatic hydroxyl groups excluding tert-OH is 1. The van der Waals surface area contributed by atoms with Gasteiger partial charge in [-0.1, -0.05) is 77.6 Å². The molecule has 0 spiro atoms. The highest BCUT2D eigenvalue weighted by atomic mass is 16.3. The van der Waals surface area contributed by atoms with Crippen molar-refractivity contribution < 1.29 is 10.0 Å². The van der Waals surface area contributed by atoms with Gasteiger partial charge in [-0.2, -0.15) is 0 Å². The van der Waals surface area contributed by atoms with Crippen molar-refractivity contribution in [3.63, 3.8) is 0 Å². The third kappa shape index (κ3) is 7.50. The van der Waals surface area contributed by atoms with E-state index in [0.717, 1.165) is 38.4 Å². The first-order valence-corrected chi connectivity index (χ1v) is 12.6. The molecular formula is C28H45N2O+. The monoisotopic (exact) mass is 425 g/mol. The van der Waals surface area contributed by atoms with Crippen LogP contribution in [-0.2, 0) is 18.5 Å². The maximum absolute atomic E-state index is 10.5. The highest BCUT2D eigenvalue weighted by Gasteiger charge is 2.23. The number of hydrogen-bond donors (Lipinski definition) is 2. The number of rotatable bonds is 10. The number of benzene rings is 1. The van der Waals surface area contributed by atoms with Gasteiger partial charge in [0.25, 0.3) is 0 Å². The molecule has 1 aromatic carbocycles. The molecule has 2 N–H and O–H groups in total. The Kier molecular flexibility index (Phi) is 8.80. The third-order valence-corrected chi connectivity index (χ3v) is 6.98. The van der Waals surface area contributed by atoms with Crippen molar-refractivity contribution in [1.82, 2.24) is 4.57 Å². The molecule has 0 amide bonds. The van der Waals surface area contributed by atoms with E-state index in [1.54, 1.807) is 4.90 Å². The van der Waals surface area contributed by atoms with E-state index in [1.165, 1.54) is 55.5 Å². The molecule has 2 atom stereocenters. The quantitative estimate of drug-likeness (QED) is 0.553. The first kappa shape index (κ1) is 24.1. The largest absolute Gasteiger partial charge is 0.387 e. The first-order chi connectivity index (χ1) is 14.8. The van der Waals surface area contributed by atoms with Crippen molar-refractivity contribution in [2.45, 2.75) is 97.2 Å². The Morgan fingerprint density at radius 1 is 1.06 bits per heavy atom. The third-order valence-electron chi connectivity index (χ3n) is 6.98. The molecule has 1 heterocycles. The zero-order valence-corrected chi connectivity index (χ0v) is 20.4. The zero-order valence-electron chi connectivity index (χ0n) is 20.4. The standard InChI is InChI=1S/C28H44N2O/c1-5-10-27(31)22-29(19-23-11-7-6-8-12-23)21-26-13-9-18-30(26)20-24-14-16-25(17-15-24)28(2,3)4/h9,13-18,23,27,31H,5-8,10-12,19-22H2,1-4H3/p+1/t27-/m0/s1. The second-order valence-electron chi connectivity index (χ2n) is 10.9. The van der Waals surface area contributed by atoms with Crippen LogP contribution in [0.25, 0.3) is 0 Å². The fourth-order valence-electron chi connectivity index (χ4n) is 5.12. The summed E-state index contributed by atoms with van der Waals surface area (Å²) in [5, 5.41) is 10.5. The molecule has 1 saturated carbocycles. The van der Waals surface area contributed by atoms with Gasteiger partial charge in [0.15, 0.2) is 0 Å². The zero-order chi connectivity index (χ0) is 22.3. The van der Waals surface area contributed by atoms with Gasteiger partial charge in [-0.3, -0.25) is 0 Å². The Morgan fingerprint density at radius 2 is 1.77 bits per heavy atom. The maximum Gasteiger partial charge on any atom is 0.118 e. The van der Waals surface area contributed by atoms with Gasteiger partial charge in [0.2, 0.25) is 0 Å². The molecule has 1 aliphatic rings. The summed E-state index contributed by atoms with van der Waals surface area (Å²) in [7, 11) is 0. The molecule has 1 aromatic heterocycles. The van der Waals surface area contributed by atoms with E-state index in [0.29, 0.717) is 0 Å². The van der Waals surface area contributed by atoms with Gasteiger partial charge < -0.3 is 14.6 Å². The molecule has 3 rings (SSSR count). The van der Waals surface area contributed by atoms with Gasteiger partial charge in [-0.15, -0.1) is 0 Å². The van der Waals surface area contributed by atoms with Gasteiger partial charge in [0, 0.05) is 18.7 Å². The Hall–Kier alpha value is -1.58. The molecular weight excluding hydrogens is 380 g/mol. The van der Waals surface area contributed by atoms with E-state index in [4.69, 9.17) is 0 Å². The van der Waals surface area contributed by atoms with Gasteiger partial charge in [0.1, 0.15) is 19.2 Å². The van der Waals surface area contributed by atoms with Crippen LogP contribution in [-0.4, -0.2) is 28.9 Å². The summed E-state index contributed by atoms with van der Waals surface area (Å²) in [6.45, 7) is 13.0. The fourth-order valence-corrected chi connectivity index (χ4v) is 5.12. The van der Waals surface area contributed by atoms with E-state index >= 15 is 0 Å². The minimum atomic E-state index is -0.183. The molecule has 0 bridgehead atoms. The van der Waals surface area contributed by atoms with Crippen molar-refractivity contribution in [3.05, 3.63) is 59.4 Å². The van der Waals surface area contributed by atoms with Crippen molar-refractivity contribution in [1.29, 1.82) is 0 Å². The fraction of sp³-hybridized carbons (Fsp3) is 0.643. The smallest absolute Gasteiger partial charge is 0.118 e. The Labute approximate surface area is 190 Å². The predicted octanol–water partition coefficient (Wildman–Crippen LogP) is 4.96. The number of nitrogens with one attached hydrogen (secondary N) is 1. The molecule has 3 heteroatoms. The number of aromatic nitrogens is 1. The first-order valence-electron chi connectivity index (χ1n) is 12.6. The summed E-state index contributed by atoms with van der Waals surface area (Å²) in [4.78, 5) is 1.55. The number of nitrogens with zero attached hydrogens (tertiary/aromatic N) is 1. The minimum absolute atomic E-state index is 0.183. The Morgan fingerprint density at radius 3 is 2.42 bits per heavy atom. The lowest BCUT2D eigenvalue weighted by Gasteiger charge is -2.29. The van der Waals surface area contributed by atoms with Gasteiger partial charge in [-0.05, 0) is 47.9 Å². The number of hydrogen-bond acceptors (Lipinski definition) is 1. The molecule has 2 aromatic rings. The van der Waals surface area contributed by atoms with E-state index < -0.39 is 0 Å². The summed E-state index contributed by atoms with van der Waals surface area (Å²) in [6, 6.07) is 13.6. The average molecular weight is 426 g/mol. The second-order valence-corrected chi connectivity index (χ2v) is 10.9. The van der Waals surface area contributed by atoms with Gasteiger partial charge in [-0.25, -0.2) is 0 Å². The van der Waals surface area contributed by atoms with E-state index in [2.05, 4.69) is 74.9 Å². The second kappa shape index (κ2) is 11.3. The normalized spacial score (nSPS) is 17.6. The van der Waals surface area contributed by atoms with Gasteiger partial charge >= 0.3 is 0 Å². The SMILES string of the molecule is CCC[C@H](O)C[NH+](Cc1cccn1Cc1ccc(C(C)(C)C)cc1)CC1CCCCC1. The predicted molar refractivity (Wildman–Crippen MR) is 131 cm³/mol. The lowest BCUT2D eigenvalue weighted by molar-refractivity contribution is -0.920. The maximum atomic E-state index is 10.5. The molecule has 0 aliphatic heterocycles.